The standard InChI is InChI=1S/C18H14F5N3O2/c1-26-8-10(9-5-6-24-13(7-9)18(21,22)23)14(17(26)28)16(27)25-12-4-2-3-11(19)15(12)20/h2-7,10,14H,8H2,1H3,(H,25,27)/t10-,14+/m0/s1. The van der Waals surface area contributed by atoms with E-state index in [0.717, 1.165) is 24.4 Å². The van der Waals surface area contributed by atoms with Gasteiger partial charge in [-0.05, 0) is 29.8 Å². The van der Waals surface area contributed by atoms with Crippen LogP contribution in [0.4, 0.5) is 27.6 Å². The minimum Gasteiger partial charge on any atom is -0.344 e. The molecule has 3 rings (SSSR count). The summed E-state index contributed by atoms with van der Waals surface area (Å²) in [6.45, 7) is -0.0101. The molecule has 2 amide bonds. The van der Waals surface area contributed by atoms with Gasteiger partial charge in [0.05, 0.1) is 5.69 Å². The Morgan fingerprint density at radius 3 is 2.64 bits per heavy atom. The Balaban J connectivity index is 1.93. The minimum atomic E-state index is -4.69. The number of pyridine rings is 1. The highest BCUT2D eigenvalue weighted by molar-refractivity contribution is 6.08. The first-order chi connectivity index (χ1) is 13.1. The fraction of sp³-hybridized carbons (Fsp3) is 0.278. The number of nitrogens with one attached hydrogen (secondary N) is 1. The van der Waals surface area contributed by atoms with Crippen LogP contribution < -0.4 is 5.32 Å². The Hall–Kier alpha value is -3.04. The number of hydrogen-bond donors (Lipinski definition) is 1. The first kappa shape index (κ1) is 19.7. The lowest BCUT2D eigenvalue weighted by atomic mass is 9.88. The predicted molar refractivity (Wildman–Crippen MR) is 88.1 cm³/mol. The van der Waals surface area contributed by atoms with Crippen molar-refractivity contribution in [1.82, 2.24) is 9.88 Å². The minimum absolute atomic E-state index is 0.0101. The first-order valence-corrected chi connectivity index (χ1v) is 8.12. The summed E-state index contributed by atoms with van der Waals surface area (Å²) in [5.74, 6) is -6.35. The molecule has 28 heavy (non-hydrogen) atoms. The van der Waals surface area contributed by atoms with Crippen LogP contribution in [-0.2, 0) is 15.8 Å². The van der Waals surface area contributed by atoms with Gasteiger partial charge in [0.25, 0.3) is 0 Å². The molecule has 0 radical (unpaired) electrons. The number of benzene rings is 1. The van der Waals surface area contributed by atoms with E-state index in [0.29, 0.717) is 0 Å². The second-order valence-electron chi connectivity index (χ2n) is 6.37. The van der Waals surface area contributed by atoms with E-state index >= 15 is 0 Å². The maximum atomic E-state index is 13.8. The fourth-order valence-corrected chi connectivity index (χ4v) is 3.14. The van der Waals surface area contributed by atoms with Crippen LogP contribution in [0.15, 0.2) is 36.5 Å². The number of hydrogen-bond acceptors (Lipinski definition) is 3. The quantitative estimate of drug-likeness (QED) is 0.637. The summed E-state index contributed by atoms with van der Waals surface area (Å²) in [5.41, 5.74) is -1.51. The van der Waals surface area contributed by atoms with Crippen molar-refractivity contribution in [1.29, 1.82) is 0 Å². The number of alkyl halides is 3. The molecule has 1 saturated heterocycles. The molecule has 1 N–H and O–H groups in total. The van der Waals surface area contributed by atoms with Crippen molar-refractivity contribution in [2.75, 3.05) is 18.9 Å². The second-order valence-corrected chi connectivity index (χ2v) is 6.37. The molecule has 0 aliphatic carbocycles. The van der Waals surface area contributed by atoms with Crippen LogP contribution in [0.1, 0.15) is 17.2 Å². The average molecular weight is 399 g/mol. The van der Waals surface area contributed by atoms with Crippen LogP contribution in [-0.4, -0.2) is 35.3 Å². The SMILES string of the molecule is CN1C[C@@H](c2ccnc(C(F)(F)F)c2)[C@H](C(=O)Nc2cccc(F)c2F)C1=O. The number of likely N-dealkylation sites (N-methyl/N-ethyl adjacent to an activating group) is 1. The molecule has 0 spiro atoms. The molecule has 2 heterocycles. The highest BCUT2D eigenvalue weighted by Gasteiger charge is 2.45. The third kappa shape index (κ3) is 3.67. The van der Waals surface area contributed by atoms with Gasteiger partial charge >= 0.3 is 6.18 Å². The van der Waals surface area contributed by atoms with Gasteiger partial charge in [0.15, 0.2) is 11.6 Å². The monoisotopic (exact) mass is 399 g/mol. The summed E-state index contributed by atoms with van der Waals surface area (Å²) in [7, 11) is 1.40. The van der Waals surface area contributed by atoms with E-state index in [-0.39, 0.29) is 12.1 Å². The summed E-state index contributed by atoms with van der Waals surface area (Å²) in [6.07, 6.45) is -3.74. The lowest BCUT2D eigenvalue weighted by Gasteiger charge is -2.18. The van der Waals surface area contributed by atoms with Crippen LogP contribution in [0.25, 0.3) is 0 Å². The highest BCUT2D eigenvalue weighted by atomic mass is 19.4. The van der Waals surface area contributed by atoms with Gasteiger partial charge in [0.2, 0.25) is 11.8 Å². The summed E-state index contributed by atoms with van der Waals surface area (Å²) in [5, 5.41) is 2.15. The molecule has 1 aliphatic rings. The number of likely N-dealkylation sites (tertiary alicyclic amines) is 1. The van der Waals surface area contributed by atoms with Gasteiger partial charge in [-0.2, -0.15) is 13.2 Å². The van der Waals surface area contributed by atoms with Gasteiger partial charge in [-0.3, -0.25) is 14.6 Å². The Labute approximate surface area is 156 Å². The molecule has 10 heteroatoms. The zero-order valence-corrected chi connectivity index (χ0v) is 14.4. The van der Waals surface area contributed by atoms with Crippen molar-refractivity contribution in [2.45, 2.75) is 12.1 Å². The van der Waals surface area contributed by atoms with Crippen molar-refractivity contribution < 1.29 is 31.5 Å². The van der Waals surface area contributed by atoms with Crippen molar-refractivity contribution in [3.05, 3.63) is 59.4 Å². The summed E-state index contributed by atoms with van der Waals surface area (Å²) >= 11 is 0. The maximum Gasteiger partial charge on any atom is 0.433 e. The van der Waals surface area contributed by atoms with E-state index < -0.39 is 52.8 Å². The summed E-state index contributed by atoms with van der Waals surface area (Å²) in [4.78, 5) is 29.5. The van der Waals surface area contributed by atoms with E-state index in [1.807, 2.05) is 0 Å². The van der Waals surface area contributed by atoms with E-state index in [1.54, 1.807) is 0 Å². The maximum absolute atomic E-state index is 13.8. The number of rotatable bonds is 3. The second kappa shape index (κ2) is 7.17. The molecule has 1 fully saturated rings. The van der Waals surface area contributed by atoms with Gasteiger partial charge in [-0.15, -0.1) is 0 Å². The van der Waals surface area contributed by atoms with Crippen LogP contribution in [0.2, 0.25) is 0 Å². The zero-order chi connectivity index (χ0) is 20.6. The molecule has 1 aliphatic heterocycles. The van der Waals surface area contributed by atoms with Gasteiger partial charge in [-0.25, -0.2) is 8.78 Å². The number of nitrogens with zero attached hydrogens (tertiary/aromatic N) is 2. The van der Waals surface area contributed by atoms with E-state index in [9.17, 15) is 31.5 Å². The van der Waals surface area contributed by atoms with Gasteiger partial charge in [0.1, 0.15) is 11.6 Å². The lowest BCUT2D eigenvalue weighted by Crippen LogP contribution is -2.33. The number of aromatic nitrogens is 1. The van der Waals surface area contributed by atoms with Crippen molar-refractivity contribution >= 4 is 17.5 Å². The smallest absolute Gasteiger partial charge is 0.344 e. The van der Waals surface area contributed by atoms with E-state index in [2.05, 4.69) is 10.3 Å². The molecule has 0 bridgehead atoms. The zero-order valence-electron chi connectivity index (χ0n) is 14.4. The number of carbonyl (C=O) groups is 2. The largest absolute Gasteiger partial charge is 0.433 e. The van der Waals surface area contributed by atoms with Crippen molar-refractivity contribution in [2.24, 2.45) is 5.92 Å². The van der Waals surface area contributed by atoms with Gasteiger partial charge in [0, 0.05) is 25.7 Å². The summed E-state index contributed by atoms with van der Waals surface area (Å²) in [6, 6.07) is 5.21. The Kier molecular flexibility index (Phi) is 5.05. The third-order valence-corrected chi connectivity index (χ3v) is 4.51. The highest BCUT2D eigenvalue weighted by Crippen LogP contribution is 2.36. The normalized spacial score (nSPS) is 19.8. The Bertz CT molecular complexity index is 932. The molecule has 2 atom stereocenters. The molecule has 148 valence electrons. The molecule has 5 nitrogen and oxygen atoms in total. The third-order valence-electron chi connectivity index (χ3n) is 4.51. The van der Waals surface area contributed by atoms with Crippen LogP contribution in [0, 0.1) is 17.6 Å². The number of amides is 2. The summed E-state index contributed by atoms with van der Waals surface area (Å²) < 4.78 is 65.9. The molecule has 0 saturated carbocycles. The first-order valence-electron chi connectivity index (χ1n) is 8.12. The topological polar surface area (TPSA) is 62.3 Å². The number of halogens is 5. The van der Waals surface area contributed by atoms with Crippen LogP contribution in [0.3, 0.4) is 0 Å². The van der Waals surface area contributed by atoms with E-state index in [4.69, 9.17) is 0 Å². The van der Waals surface area contributed by atoms with Crippen molar-refractivity contribution in [3.63, 3.8) is 0 Å². The Morgan fingerprint density at radius 1 is 1.25 bits per heavy atom. The molecular formula is C18H14F5N3O2. The van der Waals surface area contributed by atoms with Crippen LogP contribution in [0.5, 0.6) is 0 Å². The van der Waals surface area contributed by atoms with Gasteiger partial charge < -0.3 is 10.2 Å². The van der Waals surface area contributed by atoms with Crippen LogP contribution >= 0.6 is 0 Å². The fourth-order valence-electron chi connectivity index (χ4n) is 3.14. The molecular weight excluding hydrogens is 385 g/mol. The molecule has 1 aromatic heterocycles. The predicted octanol–water partition coefficient (Wildman–Crippen LogP) is 3.19. The van der Waals surface area contributed by atoms with Crippen molar-refractivity contribution in [3.8, 4) is 0 Å². The number of anilines is 1. The lowest BCUT2D eigenvalue weighted by molar-refractivity contribution is -0.141. The molecule has 1 aromatic carbocycles. The van der Waals surface area contributed by atoms with E-state index in [1.165, 1.54) is 24.1 Å². The van der Waals surface area contributed by atoms with Gasteiger partial charge in [-0.1, -0.05) is 6.07 Å². The molecule has 2 aromatic rings. The molecule has 0 unspecified atom stereocenters. The Morgan fingerprint density at radius 2 is 1.96 bits per heavy atom. The average Bonchev–Trinajstić information content (AvgIpc) is 2.93. The number of carbonyl (C=O) groups excluding carboxylic acids is 2.